The van der Waals surface area contributed by atoms with Gasteiger partial charge in [-0.3, -0.25) is 9.36 Å². The van der Waals surface area contributed by atoms with Gasteiger partial charge in [0.15, 0.2) is 22.9 Å². The highest BCUT2D eigenvalue weighted by Gasteiger charge is 2.39. The van der Waals surface area contributed by atoms with E-state index >= 15 is 0 Å². The first-order valence-corrected chi connectivity index (χ1v) is 11.4. The fraction of sp³-hybridized carbons (Fsp3) is 0.353. The topological polar surface area (TPSA) is 120 Å². The minimum Gasteiger partial charge on any atom is -0.324 e. The maximum atomic E-state index is 13.2. The van der Waals surface area contributed by atoms with Gasteiger partial charge >= 0.3 is 0 Å². The van der Waals surface area contributed by atoms with Crippen LogP contribution >= 0.6 is 11.5 Å². The molecule has 0 saturated heterocycles. The highest BCUT2D eigenvalue weighted by molar-refractivity contribution is 7.86. The maximum absolute atomic E-state index is 13.2. The molecule has 10 nitrogen and oxygen atoms in total. The van der Waals surface area contributed by atoms with Crippen molar-refractivity contribution in [3.8, 4) is 10.8 Å². The molecule has 0 N–H and O–H groups in total. The summed E-state index contributed by atoms with van der Waals surface area (Å²) in [5.41, 5.74) is 0.259. The van der Waals surface area contributed by atoms with E-state index in [2.05, 4.69) is 19.6 Å². The number of carbonyl (C=O) groups excluding carboxylic acids is 1. The van der Waals surface area contributed by atoms with Gasteiger partial charge < -0.3 is 4.90 Å². The summed E-state index contributed by atoms with van der Waals surface area (Å²) in [5.74, 6) is 0.323. The third-order valence-corrected chi connectivity index (χ3v) is 5.94. The zero-order valence-electron chi connectivity index (χ0n) is 16.2. The van der Waals surface area contributed by atoms with Crippen molar-refractivity contribution < 1.29 is 21.8 Å². The normalized spacial score (nSPS) is 19.0. The summed E-state index contributed by atoms with van der Waals surface area (Å²) in [6, 6.07) is 4.56. The molecule has 1 amide bonds. The Bertz CT molecular complexity index is 1210. The van der Waals surface area contributed by atoms with Crippen LogP contribution in [0, 0.1) is 12.7 Å². The minimum absolute atomic E-state index is 0.0831. The summed E-state index contributed by atoms with van der Waals surface area (Å²) in [6.45, 7) is 3.39. The van der Waals surface area contributed by atoms with Crippen molar-refractivity contribution in [1.29, 1.82) is 0 Å². The van der Waals surface area contributed by atoms with Crippen LogP contribution in [-0.2, 0) is 14.3 Å². The molecule has 30 heavy (non-hydrogen) atoms. The lowest BCUT2D eigenvalue weighted by atomic mass is 10.1. The van der Waals surface area contributed by atoms with Crippen molar-refractivity contribution in [2.45, 2.75) is 26.1 Å². The summed E-state index contributed by atoms with van der Waals surface area (Å²) in [5, 5.41) is 8.77. The Balaban J connectivity index is 1.78. The fourth-order valence-corrected chi connectivity index (χ4v) is 4.45. The second kappa shape index (κ2) is 7.49. The van der Waals surface area contributed by atoms with Gasteiger partial charge in [-0.2, -0.15) is 12.8 Å². The zero-order valence-corrected chi connectivity index (χ0v) is 17.8. The van der Waals surface area contributed by atoms with E-state index in [-0.39, 0.29) is 12.1 Å². The molecule has 3 heterocycles. The number of benzene rings is 1. The number of rotatable bonds is 4. The standard InChI is InChI=1S/C17H17FN6O4S2/c1-9-14-20-21-15(16-19-10(2)22-29-16)24(14)13(28-30(3,26)27)8-23(9)17(25)11-4-6-12(18)7-5-11/h4-7,9,13H,8H2,1-3H3/t9-,13?/m1/s1. The summed E-state index contributed by atoms with van der Waals surface area (Å²) in [4.78, 5) is 18.8. The van der Waals surface area contributed by atoms with E-state index in [9.17, 15) is 17.6 Å². The largest absolute Gasteiger partial charge is 0.324 e. The Morgan fingerprint density at radius 1 is 1.27 bits per heavy atom. The number of hydrogen-bond donors (Lipinski definition) is 0. The summed E-state index contributed by atoms with van der Waals surface area (Å²) < 4.78 is 48.0. The van der Waals surface area contributed by atoms with Gasteiger partial charge in [0.05, 0.1) is 18.8 Å². The Kier molecular flexibility index (Phi) is 5.11. The predicted octanol–water partition coefficient (Wildman–Crippen LogP) is 1.94. The second-order valence-corrected chi connectivity index (χ2v) is 9.15. The van der Waals surface area contributed by atoms with Gasteiger partial charge in [0.25, 0.3) is 16.0 Å². The third-order valence-electron chi connectivity index (χ3n) is 4.56. The molecular weight excluding hydrogens is 435 g/mol. The van der Waals surface area contributed by atoms with E-state index in [1.807, 2.05) is 0 Å². The molecule has 0 aliphatic carbocycles. The van der Waals surface area contributed by atoms with Crippen LogP contribution in [-0.4, -0.2) is 56.1 Å². The Labute approximate surface area is 175 Å². The molecule has 1 unspecified atom stereocenters. The quantitative estimate of drug-likeness (QED) is 0.551. The van der Waals surface area contributed by atoms with Crippen LogP contribution in [0.3, 0.4) is 0 Å². The molecule has 2 aromatic heterocycles. The summed E-state index contributed by atoms with van der Waals surface area (Å²) in [6.07, 6.45) is -0.166. The second-order valence-electron chi connectivity index (χ2n) is 6.79. The SMILES string of the molecule is Cc1nsc(-c2nnc3n2C(OS(C)(=O)=O)CN(C(=O)c2ccc(F)cc2)[C@@H]3C)n1. The fourth-order valence-electron chi connectivity index (χ4n) is 3.25. The van der Waals surface area contributed by atoms with Gasteiger partial charge in [-0.1, -0.05) is 0 Å². The average Bonchev–Trinajstić information content (AvgIpc) is 3.29. The minimum atomic E-state index is -3.87. The molecule has 0 radical (unpaired) electrons. The number of nitrogens with zero attached hydrogens (tertiary/aromatic N) is 6. The smallest absolute Gasteiger partial charge is 0.266 e. The van der Waals surface area contributed by atoms with E-state index in [0.29, 0.717) is 22.5 Å². The van der Waals surface area contributed by atoms with Gasteiger partial charge in [-0.25, -0.2) is 13.6 Å². The van der Waals surface area contributed by atoms with E-state index in [0.717, 1.165) is 17.8 Å². The van der Waals surface area contributed by atoms with Crippen molar-refractivity contribution in [2.24, 2.45) is 0 Å². The Hall–Kier alpha value is -2.77. The van der Waals surface area contributed by atoms with E-state index in [1.165, 1.54) is 33.7 Å². The van der Waals surface area contributed by atoms with Crippen molar-refractivity contribution in [3.63, 3.8) is 0 Å². The van der Waals surface area contributed by atoms with Gasteiger partial charge in [0.1, 0.15) is 11.6 Å². The number of aromatic nitrogens is 5. The number of hydrogen-bond acceptors (Lipinski definition) is 9. The summed E-state index contributed by atoms with van der Waals surface area (Å²) >= 11 is 1.10. The van der Waals surface area contributed by atoms with Crippen LogP contribution in [0.1, 0.15) is 41.2 Å². The van der Waals surface area contributed by atoms with Gasteiger partial charge in [0, 0.05) is 5.56 Å². The molecule has 1 aliphatic rings. The monoisotopic (exact) mass is 452 g/mol. The average molecular weight is 452 g/mol. The van der Waals surface area contributed by atoms with Crippen LogP contribution < -0.4 is 0 Å². The molecule has 1 aliphatic heterocycles. The Morgan fingerprint density at radius 2 is 1.97 bits per heavy atom. The lowest BCUT2D eigenvalue weighted by molar-refractivity contribution is 0.0265. The van der Waals surface area contributed by atoms with Gasteiger partial charge in [-0.15, -0.1) is 10.2 Å². The molecule has 158 valence electrons. The number of halogens is 1. The Morgan fingerprint density at radius 3 is 2.57 bits per heavy atom. The highest BCUT2D eigenvalue weighted by atomic mass is 32.2. The zero-order chi connectivity index (χ0) is 21.6. The molecule has 0 spiro atoms. The van der Waals surface area contributed by atoms with Crippen LogP contribution in [0.15, 0.2) is 24.3 Å². The highest BCUT2D eigenvalue weighted by Crippen LogP contribution is 2.36. The first-order chi connectivity index (χ1) is 14.1. The summed E-state index contributed by atoms with van der Waals surface area (Å²) in [7, 11) is -3.87. The molecule has 0 fully saturated rings. The number of carbonyl (C=O) groups is 1. The molecule has 1 aromatic carbocycles. The van der Waals surface area contributed by atoms with Crippen molar-refractivity contribution >= 4 is 27.6 Å². The first-order valence-electron chi connectivity index (χ1n) is 8.84. The van der Waals surface area contributed by atoms with Crippen molar-refractivity contribution in [3.05, 3.63) is 47.3 Å². The lowest BCUT2D eigenvalue weighted by Crippen LogP contribution is -2.45. The van der Waals surface area contributed by atoms with Crippen molar-refractivity contribution in [2.75, 3.05) is 12.8 Å². The van der Waals surface area contributed by atoms with Crippen LogP contribution in [0.4, 0.5) is 4.39 Å². The molecular formula is C17H17FN6O4S2. The van der Waals surface area contributed by atoms with Gasteiger partial charge in [-0.05, 0) is 49.6 Å². The number of fused-ring (bicyclic) bond motifs is 1. The third kappa shape index (κ3) is 3.82. The molecule has 3 aromatic rings. The predicted molar refractivity (Wildman–Crippen MR) is 104 cm³/mol. The van der Waals surface area contributed by atoms with Crippen molar-refractivity contribution in [1.82, 2.24) is 29.0 Å². The first kappa shape index (κ1) is 20.5. The number of aryl methyl sites for hydroxylation is 1. The van der Waals surface area contributed by atoms with Crippen LogP contribution in [0.5, 0.6) is 0 Å². The molecule has 2 atom stereocenters. The van der Waals surface area contributed by atoms with E-state index < -0.39 is 34.1 Å². The lowest BCUT2D eigenvalue weighted by Gasteiger charge is -2.37. The van der Waals surface area contributed by atoms with Gasteiger partial charge in [0.2, 0.25) is 0 Å². The molecule has 0 saturated carbocycles. The number of amides is 1. The van der Waals surface area contributed by atoms with E-state index in [1.54, 1.807) is 13.8 Å². The maximum Gasteiger partial charge on any atom is 0.266 e. The molecule has 4 rings (SSSR count). The van der Waals surface area contributed by atoms with Crippen LogP contribution in [0.25, 0.3) is 10.8 Å². The molecule has 0 bridgehead atoms. The molecule has 13 heteroatoms. The van der Waals surface area contributed by atoms with Crippen LogP contribution in [0.2, 0.25) is 0 Å². The van der Waals surface area contributed by atoms with E-state index in [4.69, 9.17) is 4.18 Å².